The van der Waals surface area contributed by atoms with E-state index in [1.807, 2.05) is 36.4 Å². The summed E-state index contributed by atoms with van der Waals surface area (Å²) in [5.74, 6) is 0.0727. The highest BCUT2D eigenvalue weighted by atomic mass is 16.5. The molecule has 2 N–H and O–H groups in total. The summed E-state index contributed by atoms with van der Waals surface area (Å²) in [6, 6.07) is 24.8. The number of amides is 1. The monoisotopic (exact) mass is 427 g/mol. The molecule has 0 spiro atoms. The van der Waals surface area contributed by atoms with E-state index in [4.69, 9.17) is 9.84 Å². The summed E-state index contributed by atoms with van der Waals surface area (Å²) >= 11 is 0. The van der Waals surface area contributed by atoms with Crippen molar-refractivity contribution in [1.82, 2.24) is 5.32 Å². The first kappa shape index (κ1) is 21.8. The average molecular weight is 428 g/mol. The molecule has 0 saturated carbocycles. The normalized spacial score (nSPS) is 12.5. The van der Waals surface area contributed by atoms with Gasteiger partial charge < -0.3 is 15.2 Å². The molecule has 1 aliphatic carbocycles. The van der Waals surface area contributed by atoms with Gasteiger partial charge in [-0.15, -0.1) is 0 Å². The van der Waals surface area contributed by atoms with E-state index >= 15 is 0 Å². The van der Waals surface area contributed by atoms with E-state index in [9.17, 15) is 4.79 Å². The number of rotatable bonds is 9. The number of aliphatic hydroxyl groups is 1. The van der Waals surface area contributed by atoms with Gasteiger partial charge >= 0.3 is 6.09 Å². The molecular formula is C28H29NO3. The number of alkyl carbamates (subject to hydrolysis) is 1. The van der Waals surface area contributed by atoms with Gasteiger partial charge in [0.05, 0.1) is 0 Å². The van der Waals surface area contributed by atoms with Crippen LogP contribution in [-0.2, 0) is 11.2 Å². The molecule has 0 aliphatic heterocycles. The number of ether oxygens (including phenoxy) is 1. The molecule has 3 aromatic rings. The van der Waals surface area contributed by atoms with Gasteiger partial charge in [0.1, 0.15) is 6.61 Å². The van der Waals surface area contributed by atoms with E-state index in [-0.39, 0.29) is 18.6 Å². The first-order valence-corrected chi connectivity index (χ1v) is 11.2. The second-order valence-electron chi connectivity index (χ2n) is 7.97. The number of hydrogen-bond donors (Lipinski definition) is 2. The summed E-state index contributed by atoms with van der Waals surface area (Å²) in [5.41, 5.74) is 7.25. The van der Waals surface area contributed by atoms with Crippen LogP contribution in [0, 0.1) is 0 Å². The summed E-state index contributed by atoms with van der Waals surface area (Å²) in [4.78, 5) is 12.2. The van der Waals surface area contributed by atoms with E-state index in [1.54, 1.807) is 0 Å². The Bertz CT molecular complexity index is 1040. The Morgan fingerprint density at radius 3 is 2.31 bits per heavy atom. The first-order valence-electron chi connectivity index (χ1n) is 11.2. The SMILES string of the molecule is O=C(NCCC=Cc1ccccc1CCCO)OCC1c2ccccc2-c2ccccc21. The van der Waals surface area contributed by atoms with Crippen LogP contribution in [0.2, 0.25) is 0 Å². The summed E-state index contributed by atoms with van der Waals surface area (Å²) < 4.78 is 5.57. The number of aliphatic hydroxyl groups excluding tert-OH is 1. The lowest BCUT2D eigenvalue weighted by molar-refractivity contribution is 0.143. The molecule has 0 bridgehead atoms. The van der Waals surface area contributed by atoms with E-state index in [0.29, 0.717) is 13.2 Å². The zero-order valence-electron chi connectivity index (χ0n) is 18.2. The lowest BCUT2D eigenvalue weighted by Gasteiger charge is -2.14. The molecule has 4 heteroatoms. The third kappa shape index (κ3) is 5.09. The molecule has 0 saturated heterocycles. The van der Waals surface area contributed by atoms with Crippen molar-refractivity contribution in [1.29, 1.82) is 0 Å². The maximum Gasteiger partial charge on any atom is 0.407 e. The van der Waals surface area contributed by atoms with Crippen molar-refractivity contribution in [2.45, 2.75) is 25.2 Å². The Balaban J connectivity index is 1.26. The maximum atomic E-state index is 12.2. The molecular weight excluding hydrogens is 398 g/mol. The topological polar surface area (TPSA) is 58.6 Å². The van der Waals surface area contributed by atoms with Crippen molar-refractivity contribution in [2.24, 2.45) is 0 Å². The molecule has 0 unspecified atom stereocenters. The number of hydrogen-bond acceptors (Lipinski definition) is 3. The Labute approximate surface area is 189 Å². The van der Waals surface area contributed by atoms with Gasteiger partial charge in [0, 0.05) is 19.1 Å². The van der Waals surface area contributed by atoms with Gasteiger partial charge in [0.2, 0.25) is 0 Å². The lowest BCUT2D eigenvalue weighted by atomic mass is 9.98. The number of carbonyl (C=O) groups excluding carboxylic acids is 1. The Kier molecular flexibility index (Phi) is 7.36. The molecule has 0 aromatic heterocycles. The number of nitrogens with one attached hydrogen (secondary N) is 1. The van der Waals surface area contributed by atoms with Gasteiger partial charge in [-0.2, -0.15) is 0 Å². The van der Waals surface area contributed by atoms with Crippen LogP contribution < -0.4 is 5.32 Å². The molecule has 1 aliphatic rings. The van der Waals surface area contributed by atoms with Gasteiger partial charge in [0.15, 0.2) is 0 Å². The molecule has 0 atom stereocenters. The molecule has 32 heavy (non-hydrogen) atoms. The number of aryl methyl sites for hydroxylation is 1. The Hall–Kier alpha value is -3.37. The highest BCUT2D eigenvalue weighted by molar-refractivity contribution is 5.79. The van der Waals surface area contributed by atoms with Crippen LogP contribution in [0.1, 0.15) is 41.0 Å². The second kappa shape index (κ2) is 10.8. The molecule has 164 valence electrons. The van der Waals surface area contributed by atoms with Crippen molar-refractivity contribution in [2.75, 3.05) is 19.8 Å². The average Bonchev–Trinajstić information content (AvgIpc) is 3.15. The smallest absolute Gasteiger partial charge is 0.407 e. The van der Waals surface area contributed by atoms with Crippen molar-refractivity contribution in [3.63, 3.8) is 0 Å². The van der Waals surface area contributed by atoms with E-state index in [0.717, 1.165) is 24.8 Å². The van der Waals surface area contributed by atoms with Crippen LogP contribution in [0.5, 0.6) is 0 Å². The highest BCUT2D eigenvalue weighted by Gasteiger charge is 2.28. The lowest BCUT2D eigenvalue weighted by Crippen LogP contribution is -2.26. The fraction of sp³-hybridized carbons (Fsp3) is 0.250. The summed E-state index contributed by atoms with van der Waals surface area (Å²) in [6.07, 6.45) is 6.08. The van der Waals surface area contributed by atoms with Crippen molar-refractivity contribution < 1.29 is 14.6 Å². The predicted octanol–water partition coefficient (Wildman–Crippen LogP) is 5.55. The number of carbonyl (C=O) groups is 1. The van der Waals surface area contributed by atoms with E-state index in [2.05, 4.69) is 53.9 Å². The van der Waals surface area contributed by atoms with Crippen LogP contribution >= 0.6 is 0 Å². The van der Waals surface area contributed by atoms with Crippen LogP contribution in [0.4, 0.5) is 4.79 Å². The van der Waals surface area contributed by atoms with Gasteiger partial charge in [-0.05, 0) is 52.6 Å². The minimum Gasteiger partial charge on any atom is -0.449 e. The fourth-order valence-corrected chi connectivity index (χ4v) is 4.31. The first-order chi connectivity index (χ1) is 15.8. The summed E-state index contributed by atoms with van der Waals surface area (Å²) in [7, 11) is 0. The van der Waals surface area contributed by atoms with Gasteiger partial charge in [-0.3, -0.25) is 0 Å². The molecule has 0 radical (unpaired) electrons. The standard InChI is InChI=1S/C28H29NO3/c30-19-9-13-22-11-2-1-10-21(22)12-7-8-18-29-28(31)32-20-27-25-16-5-3-14-23(25)24-15-4-6-17-26(24)27/h1-7,10-12,14-17,27,30H,8-9,13,18-20H2,(H,29,31). The highest BCUT2D eigenvalue weighted by Crippen LogP contribution is 2.44. The third-order valence-corrected chi connectivity index (χ3v) is 5.88. The number of fused-ring (bicyclic) bond motifs is 3. The Morgan fingerprint density at radius 2 is 1.59 bits per heavy atom. The Morgan fingerprint density at radius 1 is 0.938 bits per heavy atom. The molecule has 4 nitrogen and oxygen atoms in total. The number of benzene rings is 3. The van der Waals surface area contributed by atoms with Gasteiger partial charge in [-0.1, -0.05) is 84.9 Å². The van der Waals surface area contributed by atoms with Crippen molar-refractivity contribution in [3.8, 4) is 11.1 Å². The van der Waals surface area contributed by atoms with Gasteiger partial charge in [0.25, 0.3) is 0 Å². The van der Waals surface area contributed by atoms with Crippen LogP contribution in [0.25, 0.3) is 17.2 Å². The molecule has 0 fully saturated rings. The molecule has 3 aromatic carbocycles. The maximum absolute atomic E-state index is 12.2. The molecule has 4 rings (SSSR count). The van der Waals surface area contributed by atoms with E-state index < -0.39 is 0 Å². The zero-order chi connectivity index (χ0) is 22.2. The molecule has 1 amide bonds. The minimum atomic E-state index is -0.386. The van der Waals surface area contributed by atoms with E-state index in [1.165, 1.54) is 27.8 Å². The fourth-order valence-electron chi connectivity index (χ4n) is 4.31. The van der Waals surface area contributed by atoms with Crippen LogP contribution in [0.15, 0.2) is 78.9 Å². The molecule has 0 heterocycles. The predicted molar refractivity (Wildman–Crippen MR) is 129 cm³/mol. The second-order valence-corrected chi connectivity index (χ2v) is 7.97. The van der Waals surface area contributed by atoms with Crippen LogP contribution in [-0.4, -0.2) is 31.0 Å². The van der Waals surface area contributed by atoms with Gasteiger partial charge in [-0.25, -0.2) is 4.79 Å². The quantitative estimate of drug-likeness (QED) is 0.440. The van der Waals surface area contributed by atoms with Crippen LogP contribution in [0.3, 0.4) is 0 Å². The largest absolute Gasteiger partial charge is 0.449 e. The summed E-state index contributed by atoms with van der Waals surface area (Å²) in [6.45, 7) is 1.04. The minimum absolute atomic E-state index is 0.0727. The zero-order valence-corrected chi connectivity index (χ0v) is 18.2. The third-order valence-electron chi connectivity index (χ3n) is 5.88. The summed E-state index contributed by atoms with van der Waals surface area (Å²) in [5, 5.41) is 11.9. The van der Waals surface area contributed by atoms with Crippen molar-refractivity contribution in [3.05, 3.63) is 101 Å². The van der Waals surface area contributed by atoms with Crippen molar-refractivity contribution >= 4 is 12.2 Å².